The number of nitrogens with zero attached hydrogens (tertiary/aromatic N) is 2. The van der Waals surface area contributed by atoms with Crippen LogP contribution in [0.1, 0.15) is 36.0 Å². The highest BCUT2D eigenvalue weighted by Crippen LogP contribution is 2.31. The Morgan fingerprint density at radius 2 is 1.62 bits per heavy atom. The highest BCUT2D eigenvalue weighted by Gasteiger charge is 2.33. The van der Waals surface area contributed by atoms with Crippen LogP contribution in [-0.2, 0) is 29.0 Å². The van der Waals surface area contributed by atoms with E-state index in [9.17, 15) is 9.59 Å². The number of nitrogens with two attached hydrogens (primary N) is 1. The maximum Gasteiger partial charge on any atom is 0.230 e. The molecule has 152 valence electrons. The van der Waals surface area contributed by atoms with E-state index < -0.39 is 0 Å². The van der Waals surface area contributed by atoms with E-state index in [-0.39, 0.29) is 17.7 Å². The Morgan fingerprint density at radius 3 is 2.34 bits per heavy atom. The molecule has 5 heteroatoms. The molecule has 4 rings (SSSR count). The monoisotopic (exact) mass is 391 g/mol. The summed E-state index contributed by atoms with van der Waals surface area (Å²) in [6.45, 7) is 2.67. The summed E-state index contributed by atoms with van der Waals surface area (Å²) in [6.07, 6.45) is 3.71. The van der Waals surface area contributed by atoms with Crippen molar-refractivity contribution < 1.29 is 9.59 Å². The fourth-order valence-electron chi connectivity index (χ4n) is 4.41. The van der Waals surface area contributed by atoms with Crippen LogP contribution in [0.25, 0.3) is 0 Å². The molecule has 0 spiro atoms. The highest BCUT2D eigenvalue weighted by molar-refractivity contribution is 5.97. The van der Waals surface area contributed by atoms with E-state index >= 15 is 0 Å². The van der Waals surface area contributed by atoms with Crippen LogP contribution in [0.5, 0.6) is 0 Å². The number of rotatable bonds is 5. The van der Waals surface area contributed by atoms with E-state index in [1.165, 1.54) is 5.56 Å². The molecule has 1 fully saturated rings. The summed E-state index contributed by atoms with van der Waals surface area (Å²) >= 11 is 0. The van der Waals surface area contributed by atoms with Crippen molar-refractivity contribution in [2.75, 3.05) is 24.5 Å². The number of aryl methyl sites for hydroxylation is 1. The van der Waals surface area contributed by atoms with Crippen molar-refractivity contribution in [2.45, 2.75) is 38.6 Å². The number of hydrogen-bond donors (Lipinski definition) is 1. The van der Waals surface area contributed by atoms with Gasteiger partial charge in [-0.05, 0) is 48.4 Å². The van der Waals surface area contributed by atoms with Gasteiger partial charge in [-0.25, -0.2) is 0 Å². The molecule has 0 saturated carbocycles. The lowest BCUT2D eigenvalue weighted by molar-refractivity contribution is -0.134. The number of para-hydroxylation sites is 1. The Labute approximate surface area is 172 Å². The average molecular weight is 392 g/mol. The molecule has 0 unspecified atom stereocenters. The van der Waals surface area contributed by atoms with E-state index in [0.717, 1.165) is 49.0 Å². The van der Waals surface area contributed by atoms with Crippen LogP contribution in [0.15, 0.2) is 48.5 Å². The minimum absolute atomic E-state index is 0.0222. The van der Waals surface area contributed by atoms with Crippen LogP contribution in [0.3, 0.4) is 0 Å². The second kappa shape index (κ2) is 8.78. The van der Waals surface area contributed by atoms with Gasteiger partial charge in [0.05, 0.1) is 0 Å². The van der Waals surface area contributed by atoms with E-state index in [2.05, 4.69) is 6.07 Å². The first-order valence-corrected chi connectivity index (χ1v) is 10.6. The third-order valence-electron chi connectivity index (χ3n) is 6.24. The van der Waals surface area contributed by atoms with Gasteiger partial charge in [0.1, 0.15) is 0 Å². The molecule has 2 heterocycles. The van der Waals surface area contributed by atoms with Gasteiger partial charge in [0.15, 0.2) is 0 Å². The van der Waals surface area contributed by atoms with Gasteiger partial charge in [-0.1, -0.05) is 42.5 Å². The van der Waals surface area contributed by atoms with E-state index in [4.69, 9.17) is 5.73 Å². The van der Waals surface area contributed by atoms with Gasteiger partial charge in [0.25, 0.3) is 0 Å². The lowest BCUT2D eigenvalue weighted by atomic mass is 9.94. The number of benzene rings is 2. The summed E-state index contributed by atoms with van der Waals surface area (Å²) in [5, 5.41) is 0. The quantitative estimate of drug-likeness (QED) is 0.852. The molecule has 2 aromatic rings. The Bertz CT molecular complexity index is 870. The van der Waals surface area contributed by atoms with Crippen LogP contribution in [0.2, 0.25) is 0 Å². The van der Waals surface area contributed by atoms with E-state index in [1.807, 2.05) is 52.3 Å². The maximum absolute atomic E-state index is 13.0. The van der Waals surface area contributed by atoms with Gasteiger partial charge in [-0.3, -0.25) is 9.59 Å². The summed E-state index contributed by atoms with van der Waals surface area (Å²) in [6, 6.07) is 16.3. The summed E-state index contributed by atoms with van der Waals surface area (Å²) in [5.74, 6) is 0.432. The molecule has 0 radical (unpaired) electrons. The van der Waals surface area contributed by atoms with Gasteiger partial charge in [0.2, 0.25) is 11.8 Å². The zero-order valence-corrected chi connectivity index (χ0v) is 16.8. The highest BCUT2D eigenvalue weighted by atomic mass is 16.2. The smallest absolute Gasteiger partial charge is 0.230 e. The van der Waals surface area contributed by atoms with E-state index in [0.29, 0.717) is 26.1 Å². The summed E-state index contributed by atoms with van der Waals surface area (Å²) in [4.78, 5) is 29.5. The number of carbonyl (C=O) groups excluding carboxylic acids is 2. The van der Waals surface area contributed by atoms with Crippen LogP contribution in [0.4, 0.5) is 5.69 Å². The normalized spacial score (nSPS) is 16.7. The second-order valence-electron chi connectivity index (χ2n) is 8.04. The molecule has 0 bridgehead atoms. The fourth-order valence-corrected chi connectivity index (χ4v) is 4.41. The molecule has 2 N–H and O–H groups in total. The molecule has 0 aromatic heterocycles. The predicted molar refractivity (Wildman–Crippen MR) is 114 cm³/mol. The number of carbonyl (C=O) groups is 2. The summed E-state index contributed by atoms with van der Waals surface area (Å²) < 4.78 is 0. The molecular weight excluding hydrogens is 362 g/mol. The molecule has 2 aliphatic rings. The zero-order chi connectivity index (χ0) is 20.2. The van der Waals surface area contributed by atoms with Crippen molar-refractivity contribution in [1.29, 1.82) is 0 Å². The number of anilines is 1. The molecule has 29 heavy (non-hydrogen) atoms. The number of amides is 2. The van der Waals surface area contributed by atoms with Crippen LogP contribution >= 0.6 is 0 Å². The molecule has 5 nitrogen and oxygen atoms in total. The van der Waals surface area contributed by atoms with Gasteiger partial charge >= 0.3 is 0 Å². The summed E-state index contributed by atoms with van der Waals surface area (Å²) in [7, 11) is 0. The first kappa shape index (κ1) is 19.6. The van der Waals surface area contributed by atoms with Crippen molar-refractivity contribution in [3.63, 3.8) is 0 Å². The number of fused-ring (bicyclic) bond motifs is 1. The molecule has 1 saturated heterocycles. The van der Waals surface area contributed by atoms with Crippen molar-refractivity contribution in [3.8, 4) is 0 Å². The van der Waals surface area contributed by atoms with Crippen molar-refractivity contribution in [1.82, 2.24) is 4.90 Å². The minimum atomic E-state index is 0.0222. The molecule has 0 atom stereocenters. The van der Waals surface area contributed by atoms with Crippen LogP contribution in [-0.4, -0.2) is 36.3 Å². The van der Waals surface area contributed by atoms with Crippen molar-refractivity contribution in [3.05, 3.63) is 65.2 Å². The number of likely N-dealkylation sites (tertiary alicyclic amines) is 1. The Balaban J connectivity index is 1.26. The number of hydrogen-bond acceptors (Lipinski definition) is 3. The first-order valence-electron chi connectivity index (χ1n) is 10.6. The van der Waals surface area contributed by atoms with Gasteiger partial charge < -0.3 is 15.5 Å². The largest absolute Gasteiger partial charge is 0.343 e. The topological polar surface area (TPSA) is 66.6 Å². The predicted octanol–water partition coefficient (Wildman–Crippen LogP) is 2.91. The lowest BCUT2D eigenvalue weighted by Crippen LogP contribution is -2.44. The minimum Gasteiger partial charge on any atom is -0.343 e. The average Bonchev–Trinajstić information content (AvgIpc) is 3.21. The summed E-state index contributed by atoms with van der Waals surface area (Å²) in [5.41, 5.74) is 10.2. The van der Waals surface area contributed by atoms with Gasteiger partial charge in [0, 0.05) is 44.2 Å². The SMILES string of the molecule is NCc1ccc(CCC(=O)N2CCC(C(=O)N3CCc4ccccc43)CC2)cc1. The van der Waals surface area contributed by atoms with Crippen LogP contribution < -0.4 is 10.6 Å². The van der Waals surface area contributed by atoms with Gasteiger partial charge in [-0.2, -0.15) is 0 Å². The van der Waals surface area contributed by atoms with Gasteiger partial charge in [-0.15, -0.1) is 0 Å². The molecular formula is C24H29N3O2. The van der Waals surface area contributed by atoms with E-state index in [1.54, 1.807) is 0 Å². The molecule has 2 aromatic carbocycles. The Kier molecular flexibility index (Phi) is 5.95. The third kappa shape index (κ3) is 4.35. The third-order valence-corrected chi connectivity index (χ3v) is 6.24. The standard InChI is InChI=1S/C24H29N3O2/c25-17-19-7-5-18(6-8-19)9-10-23(28)26-14-11-21(12-15-26)24(29)27-16-13-20-3-1-2-4-22(20)27/h1-8,21H,9-17,25H2. The second-order valence-corrected chi connectivity index (χ2v) is 8.04. The fraction of sp³-hybridized carbons (Fsp3) is 0.417. The van der Waals surface area contributed by atoms with Crippen molar-refractivity contribution >= 4 is 17.5 Å². The Morgan fingerprint density at radius 1 is 0.931 bits per heavy atom. The number of piperidine rings is 1. The maximum atomic E-state index is 13.0. The van der Waals surface area contributed by atoms with Crippen LogP contribution in [0, 0.1) is 5.92 Å². The van der Waals surface area contributed by atoms with Crippen molar-refractivity contribution in [2.24, 2.45) is 11.7 Å². The zero-order valence-electron chi connectivity index (χ0n) is 16.8. The molecule has 2 aliphatic heterocycles. The first-order chi connectivity index (χ1) is 14.2. The molecule has 2 amide bonds. The Hall–Kier alpha value is -2.66. The lowest BCUT2D eigenvalue weighted by Gasteiger charge is -2.33. The molecule has 0 aliphatic carbocycles.